The third-order valence-electron chi connectivity index (χ3n) is 6.66. The minimum atomic E-state index is -0.651. The molecule has 198 valence electrons. The molecule has 0 saturated carbocycles. The molecule has 0 amide bonds. The summed E-state index contributed by atoms with van der Waals surface area (Å²) in [5.74, 6) is 0.618. The number of dihydropyridines is 1. The Morgan fingerprint density at radius 3 is 2.29 bits per heavy atom. The smallest absolute Gasteiger partial charge is 0.203 e. The van der Waals surface area contributed by atoms with Crippen LogP contribution < -0.4 is 19.5 Å². The molecule has 1 aliphatic carbocycles. The quantitative estimate of drug-likeness (QED) is 0.395. The Kier molecular flexibility index (Phi) is 8.10. The summed E-state index contributed by atoms with van der Waals surface area (Å²) in [5, 5.41) is 14.8. The normalized spacial score (nSPS) is 18.3. The molecule has 0 unspecified atom stereocenters. The molecule has 0 fully saturated rings. The summed E-state index contributed by atoms with van der Waals surface area (Å²) in [4.78, 5) is 26.4. The Hall–Kier alpha value is -3.41. The first-order chi connectivity index (χ1) is 18.1. The lowest BCUT2D eigenvalue weighted by atomic mass is 9.69. The van der Waals surface area contributed by atoms with Crippen molar-refractivity contribution < 1.29 is 23.8 Å². The molecular formula is C29H29ClN2O5S. The molecule has 1 atom stereocenters. The largest absolute Gasteiger partial charge is 0.493 e. The fourth-order valence-electron chi connectivity index (χ4n) is 4.95. The zero-order chi connectivity index (χ0) is 27.6. The second kappa shape index (κ2) is 11.1. The molecule has 0 bridgehead atoms. The van der Waals surface area contributed by atoms with Crippen molar-refractivity contribution in [3.05, 3.63) is 74.4 Å². The van der Waals surface area contributed by atoms with E-state index in [4.69, 9.17) is 25.8 Å². The zero-order valence-electron chi connectivity index (χ0n) is 21.9. The van der Waals surface area contributed by atoms with Gasteiger partial charge in [0.05, 0.1) is 49.7 Å². The van der Waals surface area contributed by atoms with Crippen LogP contribution in [-0.4, -0.2) is 38.6 Å². The van der Waals surface area contributed by atoms with Crippen molar-refractivity contribution in [1.29, 1.82) is 5.26 Å². The van der Waals surface area contributed by atoms with Gasteiger partial charge in [-0.2, -0.15) is 5.26 Å². The van der Waals surface area contributed by atoms with Crippen LogP contribution >= 0.6 is 23.4 Å². The maximum absolute atomic E-state index is 13.5. The molecule has 1 heterocycles. The summed E-state index contributed by atoms with van der Waals surface area (Å²) in [7, 11) is 4.56. The fraction of sp³-hybridized carbons (Fsp3) is 0.345. The first-order valence-corrected chi connectivity index (χ1v) is 13.4. The minimum absolute atomic E-state index is 0.0171. The molecule has 38 heavy (non-hydrogen) atoms. The Morgan fingerprint density at radius 2 is 1.74 bits per heavy atom. The summed E-state index contributed by atoms with van der Waals surface area (Å²) in [5.41, 5.74) is 2.64. The predicted octanol–water partition coefficient (Wildman–Crippen LogP) is 6.05. The number of carbonyl (C=O) groups is 2. The maximum atomic E-state index is 13.5. The number of hydrogen-bond donors (Lipinski definition) is 1. The molecule has 7 nitrogen and oxygen atoms in total. The van der Waals surface area contributed by atoms with Crippen molar-refractivity contribution >= 4 is 34.9 Å². The number of halogens is 1. The molecule has 4 rings (SSSR count). The first-order valence-electron chi connectivity index (χ1n) is 12.0. The van der Waals surface area contributed by atoms with E-state index >= 15 is 0 Å². The van der Waals surface area contributed by atoms with Gasteiger partial charge in [-0.25, -0.2) is 0 Å². The summed E-state index contributed by atoms with van der Waals surface area (Å²) >= 11 is 7.21. The van der Waals surface area contributed by atoms with Crippen molar-refractivity contribution in [3.8, 4) is 23.3 Å². The van der Waals surface area contributed by atoms with E-state index in [2.05, 4.69) is 11.4 Å². The molecule has 9 heteroatoms. The highest BCUT2D eigenvalue weighted by Gasteiger charge is 2.42. The van der Waals surface area contributed by atoms with Crippen LogP contribution in [-0.2, 0) is 4.79 Å². The second-order valence-electron chi connectivity index (χ2n) is 9.92. The molecule has 0 saturated heterocycles. The van der Waals surface area contributed by atoms with E-state index in [1.165, 1.54) is 33.1 Å². The second-order valence-corrected chi connectivity index (χ2v) is 11.3. The number of nitrogens with one attached hydrogen (secondary N) is 1. The van der Waals surface area contributed by atoms with E-state index in [0.717, 1.165) is 5.70 Å². The number of Topliss-reactive ketones (excluding diaryl/α,β-unsaturated/α-hetero) is 2. The average Bonchev–Trinajstić information content (AvgIpc) is 2.89. The van der Waals surface area contributed by atoms with Crippen LogP contribution in [0.5, 0.6) is 17.2 Å². The van der Waals surface area contributed by atoms with Crippen LogP contribution in [0.4, 0.5) is 0 Å². The molecule has 2 aromatic rings. The van der Waals surface area contributed by atoms with E-state index in [0.29, 0.717) is 62.4 Å². The van der Waals surface area contributed by atoms with Gasteiger partial charge in [0.1, 0.15) is 0 Å². The fourth-order valence-corrected chi connectivity index (χ4v) is 6.03. The van der Waals surface area contributed by atoms with Crippen molar-refractivity contribution in [2.75, 3.05) is 27.1 Å². The van der Waals surface area contributed by atoms with Crippen LogP contribution in [0, 0.1) is 16.7 Å². The molecule has 0 radical (unpaired) electrons. The standard InChI is InChI=1S/C29H29ClN2O5S/c1-29(2)12-20-26(21(33)13-29)25(17-10-23(35-3)27(37-5)24(11-17)36-4)19(14-31)28(32-20)38-15-22(34)16-6-8-18(30)9-7-16/h6-11,25,32H,12-13,15H2,1-5H3/t25-/m1/s1. The summed E-state index contributed by atoms with van der Waals surface area (Å²) < 4.78 is 16.6. The number of nitriles is 1. The molecule has 1 N–H and O–H groups in total. The number of ketones is 2. The number of allylic oxidation sites excluding steroid dienone is 3. The van der Waals surface area contributed by atoms with Crippen molar-refractivity contribution in [2.45, 2.75) is 32.6 Å². The third kappa shape index (κ3) is 5.40. The lowest BCUT2D eigenvalue weighted by Crippen LogP contribution is -2.37. The summed E-state index contributed by atoms with van der Waals surface area (Å²) in [6.07, 6.45) is 0.994. The van der Waals surface area contributed by atoms with E-state index < -0.39 is 5.92 Å². The van der Waals surface area contributed by atoms with Gasteiger partial charge in [0.25, 0.3) is 0 Å². The van der Waals surface area contributed by atoms with Gasteiger partial charge in [0, 0.05) is 28.3 Å². The number of ether oxygens (including phenoxy) is 3. The molecule has 0 spiro atoms. The molecule has 2 aromatic carbocycles. The van der Waals surface area contributed by atoms with Gasteiger partial charge in [0.15, 0.2) is 23.1 Å². The third-order valence-corrected chi connectivity index (χ3v) is 7.93. The number of methoxy groups -OCH3 is 3. The van der Waals surface area contributed by atoms with Gasteiger partial charge < -0.3 is 19.5 Å². The molecule has 1 aliphatic heterocycles. The highest BCUT2D eigenvalue weighted by molar-refractivity contribution is 8.03. The van der Waals surface area contributed by atoms with E-state index in [1.54, 1.807) is 36.4 Å². The van der Waals surface area contributed by atoms with Gasteiger partial charge in [-0.3, -0.25) is 9.59 Å². The van der Waals surface area contributed by atoms with Crippen molar-refractivity contribution in [2.24, 2.45) is 5.41 Å². The monoisotopic (exact) mass is 552 g/mol. The number of benzene rings is 2. The number of thioether (sulfide) groups is 1. The predicted molar refractivity (Wildman–Crippen MR) is 148 cm³/mol. The number of carbonyl (C=O) groups excluding carboxylic acids is 2. The zero-order valence-corrected chi connectivity index (χ0v) is 23.5. The minimum Gasteiger partial charge on any atom is -0.493 e. The van der Waals surface area contributed by atoms with Gasteiger partial charge >= 0.3 is 0 Å². The van der Waals surface area contributed by atoms with Gasteiger partial charge in [-0.05, 0) is 53.8 Å². The van der Waals surface area contributed by atoms with Gasteiger partial charge in [-0.15, -0.1) is 0 Å². The van der Waals surface area contributed by atoms with Crippen LogP contribution in [0.15, 0.2) is 58.3 Å². The molecule has 0 aromatic heterocycles. The topological polar surface area (TPSA) is 97.7 Å². The first kappa shape index (κ1) is 27.6. The van der Waals surface area contributed by atoms with E-state index in [-0.39, 0.29) is 22.7 Å². The van der Waals surface area contributed by atoms with E-state index in [9.17, 15) is 14.9 Å². The average molecular weight is 553 g/mol. The highest BCUT2D eigenvalue weighted by atomic mass is 35.5. The highest BCUT2D eigenvalue weighted by Crippen LogP contribution is 2.50. The van der Waals surface area contributed by atoms with E-state index in [1.807, 2.05) is 13.8 Å². The molecular weight excluding hydrogens is 524 g/mol. The SMILES string of the molecule is COc1cc([C@@H]2C(C#N)=C(SCC(=O)c3ccc(Cl)cc3)NC3=C2C(=O)CC(C)(C)C3)cc(OC)c1OC. The van der Waals surface area contributed by atoms with Crippen LogP contribution in [0.3, 0.4) is 0 Å². The van der Waals surface area contributed by atoms with Gasteiger partial charge in [0.2, 0.25) is 5.75 Å². The number of hydrogen-bond acceptors (Lipinski definition) is 8. The summed E-state index contributed by atoms with van der Waals surface area (Å²) in [6.45, 7) is 4.09. The lowest BCUT2D eigenvalue weighted by Gasteiger charge is -2.39. The maximum Gasteiger partial charge on any atom is 0.203 e. The summed E-state index contributed by atoms with van der Waals surface area (Å²) in [6, 6.07) is 12.6. The van der Waals surface area contributed by atoms with Gasteiger partial charge in [-0.1, -0.05) is 37.2 Å². The Labute approximate surface area is 231 Å². The van der Waals surface area contributed by atoms with Crippen molar-refractivity contribution in [3.63, 3.8) is 0 Å². The van der Waals surface area contributed by atoms with Crippen LogP contribution in [0.2, 0.25) is 5.02 Å². The molecule has 2 aliphatic rings. The van der Waals surface area contributed by atoms with Crippen LogP contribution in [0.25, 0.3) is 0 Å². The Bertz CT molecular complexity index is 1360. The number of rotatable bonds is 8. The number of nitrogens with zero attached hydrogens (tertiary/aromatic N) is 1. The lowest BCUT2D eigenvalue weighted by molar-refractivity contribution is -0.118. The Balaban J connectivity index is 1.81. The van der Waals surface area contributed by atoms with Crippen molar-refractivity contribution in [1.82, 2.24) is 5.32 Å². The van der Waals surface area contributed by atoms with Crippen LogP contribution in [0.1, 0.15) is 48.5 Å². The Morgan fingerprint density at radius 1 is 1.11 bits per heavy atom.